The van der Waals surface area contributed by atoms with E-state index in [-0.39, 0.29) is 21.4 Å². The Morgan fingerprint density at radius 1 is 1.03 bits per heavy atom. The lowest BCUT2D eigenvalue weighted by atomic mass is 9.95. The highest BCUT2D eigenvalue weighted by atomic mass is 35.5. The van der Waals surface area contributed by atoms with Crippen LogP contribution < -0.4 is 14.6 Å². The van der Waals surface area contributed by atoms with Crippen molar-refractivity contribution in [3.63, 3.8) is 0 Å². The highest BCUT2D eigenvalue weighted by Gasteiger charge is 2.58. The fourth-order valence-corrected chi connectivity index (χ4v) is 4.22. The Hall–Kier alpha value is -2.90. The zero-order valence-corrected chi connectivity index (χ0v) is 16.9. The molecule has 148 valence electrons. The Morgan fingerprint density at radius 3 is 2.31 bits per heavy atom. The van der Waals surface area contributed by atoms with Crippen molar-refractivity contribution < 1.29 is 19.1 Å². The van der Waals surface area contributed by atoms with Gasteiger partial charge in [0.25, 0.3) is 5.91 Å². The normalized spacial score (nSPS) is 20.8. The van der Waals surface area contributed by atoms with Crippen molar-refractivity contribution in [2.24, 2.45) is 11.0 Å². The smallest absolute Gasteiger partial charge is 0.260 e. The lowest BCUT2D eigenvalue weighted by Gasteiger charge is -2.24. The van der Waals surface area contributed by atoms with Gasteiger partial charge in [-0.1, -0.05) is 41.4 Å². The van der Waals surface area contributed by atoms with Crippen molar-refractivity contribution in [1.82, 2.24) is 0 Å². The molecular weight excluding hydrogens is 417 g/mol. The van der Waals surface area contributed by atoms with Gasteiger partial charge in [-0.25, -0.2) is 9.91 Å². The Kier molecular flexibility index (Phi) is 4.80. The first-order valence-electron chi connectivity index (χ1n) is 8.70. The number of ketones is 1. The molecule has 0 bridgehead atoms. The van der Waals surface area contributed by atoms with Crippen LogP contribution in [0, 0.1) is 5.92 Å². The number of hydrogen-bond donors (Lipinski definition) is 0. The highest BCUT2D eigenvalue weighted by Crippen LogP contribution is 2.44. The van der Waals surface area contributed by atoms with Gasteiger partial charge in [0.2, 0.25) is 5.91 Å². The molecule has 0 spiro atoms. The summed E-state index contributed by atoms with van der Waals surface area (Å²) >= 11 is 12.6. The summed E-state index contributed by atoms with van der Waals surface area (Å²) in [6, 6.07) is 10.4. The van der Waals surface area contributed by atoms with E-state index in [1.807, 2.05) is 0 Å². The van der Waals surface area contributed by atoms with Gasteiger partial charge in [0.15, 0.2) is 5.78 Å². The Morgan fingerprint density at radius 2 is 1.69 bits per heavy atom. The van der Waals surface area contributed by atoms with Gasteiger partial charge in [0.05, 0.1) is 28.5 Å². The SMILES string of the molecule is COc1ccccc1N1C(=O)[C@H]2C(C(C)=O)=NN(c3c(Cl)cccc3Cl)[C@H]2C1=O. The third-order valence-corrected chi connectivity index (χ3v) is 5.51. The molecule has 2 amide bonds. The standard InChI is InChI=1S/C20H15Cl2N3O4/c1-10(26)16-15-18(25(23-16)17-11(21)6-5-7-12(17)22)20(28)24(19(15)27)13-8-3-4-9-14(13)29-2/h3-9,15,18H,1-2H3/t15-,18+/m0/s1. The lowest BCUT2D eigenvalue weighted by molar-refractivity contribution is -0.122. The van der Waals surface area contributed by atoms with Crippen LogP contribution in [0.25, 0.3) is 0 Å². The first-order chi connectivity index (χ1) is 13.9. The molecule has 0 unspecified atom stereocenters. The number of benzene rings is 2. The van der Waals surface area contributed by atoms with Crippen LogP contribution >= 0.6 is 23.2 Å². The second-order valence-electron chi connectivity index (χ2n) is 6.56. The van der Waals surface area contributed by atoms with Gasteiger partial charge in [-0.3, -0.25) is 14.4 Å². The Bertz CT molecular complexity index is 1060. The predicted octanol–water partition coefficient (Wildman–Crippen LogP) is 3.33. The van der Waals surface area contributed by atoms with Gasteiger partial charge >= 0.3 is 0 Å². The maximum atomic E-state index is 13.4. The zero-order chi connectivity index (χ0) is 20.9. The molecule has 2 aliphatic rings. The molecule has 2 aromatic carbocycles. The Labute approximate surface area is 176 Å². The van der Waals surface area contributed by atoms with Crippen LogP contribution in [0.1, 0.15) is 6.92 Å². The molecule has 0 aromatic heterocycles. The molecule has 7 nitrogen and oxygen atoms in total. The molecule has 0 N–H and O–H groups in total. The van der Waals surface area contributed by atoms with Gasteiger partial charge in [0, 0.05) is 6.92 Å². The second-order valence-corrected chi connectivity index (χ2v) is 7.38. The fraction of sp³-hybridized carbons (Fsp3) is 0.200. The van der Waals surface area contributed by atoms with Crippen LogP contribution in [0.2, 0.25) is 10.0 Å². The number of halogens is 2. The third-order valence-electron chi connectivity index (χ3n) is 4.90. The molecule has 2 aliphatic heterocycles. The number of carbonyl (C=O) groups excluding carboxylic acids is 3. The maximum absolute atomic E-state index is 13.4. The van der Waals surface area contributed by atoms with E-state index < -0.39 is 29.6 Å². The average Bonchev–Trinajstić information content (AvgIpc) is 3.19. The number of amides is 2. The van der Waals surface area contributed by atoms with Gasteiger partial charge in [0.1, 0.15) is 23.4 Å². The quantitative estimate of drug-likeness (QED) is 0.693. The van der Waals surface area contributed by atoms with Gasteiger partial charge in [-0.05, 0) is 24.3 Å². The number of Topliss-reactive ketones (excluding diaryl/α,β-unsaturated/α-hetero) is 1. The minimum Gasteiger partial charge on any atom is -0.495 e. The fourth-order valence-electron chi connectivity index (χ4n) is 3.65. The zero-order valence-electron chi connectivity index (χ0n) is 15.4. The second kappa shape index (κ2) is 7.17. The van der Waals surface area contributed by atoms with Crippen molar-refractivity contribution in [3.05, 3.63) is 52.5 Å². The number of anilines is 2. The van der Waals surface area contributed by atoms with E-state index in [2.05, 4.69) is 5.10 Å². The van der Waals surface area contributed by atoms with Gasteiger partial charge < -0.3 is 4.74 Å². The van der Waals surface area contributed by atoms with E-state index >= 15 is 0 Å². The minimum absolute atomic E-state index is 0.0123. The molecule has 29 heavy (non-hydrogen) atoms. The van der Waals surface area contributed by atoms with E-state index in [9.17, 15) is 14.4 Å². The summed E-state index contributed by atoms with van der Waals surface area (Å²) < 4.78 is 5.30. The molecule has 2 aromatic rings. The summed E-state index contributed by atoms with van der Waals surface area (Å²) in [4.78, 5) is 39.9. The molecule has 0 radical (unpaired) electrons. The number of rotatable bonds is 4. The van der Waals surface area contributed by atoms with Crippen molar-refractivity contribution in [3.8, 4) is 5.75 Å². The van der Waals surface area contributed by atoms with Gasteiger partial charge in [-0.15, -0.1) is 0 Å². The number of hydrogen-bond acceptors (Lipinski definition) is 6. The van der Waals surface area contributed by atoms with Crippen LogP contribution in [0.5, 0.6) is 5.75 Å². The summed E-state index contributed by atoms with van der Waals surface area (Å²) in [7, 11) is 1.45. The molecule has 1 saturated heterocycles. The lowest BCUT2D eigenvalue weighted by Crippen LogP contribution is -2.39. The van der Waals surface area contributed by atoms with Crippen molar-refractivity contribution in [1.29, 1.82) is 0 Å². The third kappa shape index (κ3) is 2.89. The van der Waals surface area contributed by atoms with Crippen molar-refractivity contribution in [2.45, 2.75) is 13.0 Å². The monoisotopic (exact) mass is 431 g/mol. The van der Waals surface area contributed by atoms with Crippen molar-refractivity contribution >= 4 is 57.9 Å². The number of ether oxygens (including phenoxy) is 1. The van der Waals surface area contributed by atoms with E-state index in [4.69, 9.17) is 27.9 Å². The summed E-state index contributed by atoms with van der Waals surface area (Å²) in [6.45, 7) is 1.30. The van der Waals surface area contributed by atoms with Crippen LogP contribution in [-0.4, -0.2) is 36.5 Å². The van der Waals surface area contributed by atoms with Crippen LogP contribution in [-0.2, 0) is 14.4 Å². The molecule has 2 heterocycles. The molecule has 4 rings (SSSR count). The first kappa shape index (κ1) is 19.4. The summed E-state index contributed by atoms with van der Waals surface area (Å²) in [5.74, 6) is -2.20. The Balaban J connectivity index is 1.87. The number of fused-ring (bicyclic) bond motifs is 1. The van der Waals surface area contributed by atoms with Crippen molar-refractivity contribution in [2.75, 3.05) is 17.0 Å². The number of imide groups is 1. The number of para-hydroxylation sites is 3. The maximum Gasteiger partial charge on any atom is 0.260 e. The first-order valence-corrected chi connectivity index (χ1v) is 9.46. The van der Waals surface area contributed by atoms with Gasteiger partial charge in [-0.2, -0.15) is 5.10 Å². The van der Waals surface area contributed by atoms with E-state index in [0.717, 1.165) is 4.90 Å². The summed E-state index contributed by atoms with van der Waals surface area (Å²) in [5, 5.41) is 6.05. The molecular formula is C20H15Cl2N3O4. The molecule has 9 heteroatoms. The highest BCUT2D eigenvalue weighted by molar-refractivity contribution is 6.49. The molecule has 0 aliphatic carbocycles. The number of hydrazone groups is 1. The molecule has 2 atom stereocenters. The number of methoxy groups -OCH3 is 1. The largest absolute Gasteiger partial charge is 0.495 e. The van der Waals surface area contributed by atoms with Crippen LogP contribution in [0.15, 0.2) is 47.6 Å². The number of carbonyl (C=O) groups is 3. The summed E-state index contributed by atoms with van der Waals surface area (Å²) in [6.07, 6.45) is 0. The van der Waals surface area contributed by atoms with E-state index in [1.54, 1.807) is 42.5 Å². The van der Waals surface area contributed by atoms with E-state index in [0.29, 0.717) is 11.4 Å². The summed E-state index contributed by atoms with van der Waals surface area (Å²) in [5.41, 5.74) is 0.555. The minimum atomic E-state index is -1.07. The average molecular weight is 432 g/mol. The molecule has 0 saturated carbocycles. The van der Waals surface area contributed by atoms with Crippen LogP contribution in [0.4, 0.5) is 11.4 Å². The van der Waals surface area contributed by atoms with E-state index in [1.165, 1.54) is 19.0 Å². The predicted molar refractivity (Wildman–Crippen MR) is 110 cm³/mol. The topological polar surface area (TPSA) is 79.3 Å². The number of nitrogens with zero attached hydrogens (tertiary/aromatic N) is 3. The molecule has 1 fully saturated rings. The van der Waals surface area contributed by atoms with Crippen LogP contribution in [0.3, 0.4) is 0 Å².